The van der Waals surface area contributed by atoms with Crippen molar-refractivity contribution >= 4 is 26.8 Å². The van der Waals surface area contributed by atoms with Crippen LogP contribution in [0.5, 0.6) is 0 Å². The summed E-state index contributed by atoms with van der Waals surface area (Å²) < 4.78 is 1.93. The first-order chi connectivity index (χ1) is 8.54. The normalized spacial score (nSPS) is 12.8. The fraction of sp³-hybridized carbons (Fsp3) is 0.333. The lowest BCUT2D eigenvalue weighted by Gasteiger charge is -2.12. The molecule has 2 aromatic rings. The van der Waals surface area contributed by atoms with Crippen molar-refractivity contribution in [1.82, 2.24) is 14.9 Å². The molecule has 0 aliphatic rings. The fourth-order valence-electron chi connectivity index (χ4n) is 1.77. The van der Waals surface area contributed by atoms with Crippen molar-refractivity contribution in [3.05, 3.63) is 43.5 Å². The maximum atomic E-state index is 12.2. The molecule has 0 saturated heterocycles. The standard InChI is InChI=1S/C12H14BrN3O2/c1-7(14-2)6-16-11(17)8-4-3-5-9(13)10(8)15-12(16)18/h3-5,7,14H,6H2,1-2H3,(H,15,18). The maximum absolute atomic E-state index is 12.2. The molecule has 0 amide bonds. The van der Waals surface area contributed by atoms with Crippen molar-refractivity contribution in [3.63, 3.8) is 0 Å². The fourth-order valence-corrected chi connectivity index (χ4v) is 2.24. The predicted octanol–water partition coefficient (Wildman–Crippen LogP) is 1.06. The first kappa shape index (κ1) is 13.0. The van der Waals surface area contributed by atoms with E-state index >= 15 is 0 Å². The summed E-state index contributed by atoms with van der Waals surface area (Å²) in [5.74, 6) is 0. The number of aromatic nitrogens is 2. The van der Waals surface area contributed by atoms with Crippen LogP contribution in [0.15, 0.2) is 32.3 Å². The number of rotatable bonds is 3. The lowest BCUT2D eigenvalue weighted by molar-refractivity contribution is 0.492. The highest BCUT2D eigenvalue weighted by Crippen LogP contribution is 2.17. The molecular formula is C12H14BrN3O2. The summed E-state index contributed by atoms with van der Waals surface area (Å²) in [4.78, 5) is 26.9. The van der Waals surface area contributed by atoms with E-state index in [1.807, 2.05) is 6.92 Å². The zero-order chi connectivity index (χ0) is 13.3. The molecule has 1 unspecified atom stereocenters. The highest BCUT2D eigenvalue weighted by atomic mass is 79.9. The number of likely N-dealkylation sites (N-methyl/N-ethyl adjacent to an activating group) is 1. The third-order valence-electron chi connectivity index (χ3n) is 2.92. The predicted molar refractivity (Wildman–Crippen MR) is 75.1 cm³/mol. The van der Waals surface area contributed by atoms with E-state index in [0.29, 0.717) is 21.9 Å². The molecule has 0 aliphatic heterocycles. The molecule has 0 radical (unpaired) electrons. The van der Waals surface area contributed by atoms with Gasteiger partial charge in [0, 0.05) is 17.1 Å². The molecule has 0 bridgehead atoms. The van der Waals surface area contributed by atoms with Gasteiger partial charge in [-0.15, -0.1) is 0 Å². The monoisotopic (exact) mass is 311 g/mol. The molecule has 1 aromatic heterocycles. The first-order valence-corrected chi connectivity index (χ1v) is 6.42. The molecule has 0 fully saturated rings. The lowest BCUT2D eigenvalue weighted by atomic mass is 10.2. The average molecular weight is 312 g/mol. The van der Waals surface area contributed by atoms with Gasteiger partial charge in [0.05, 0.1) is 10.9 Å². The molecule has 0 saturated carbocycles. The Kier molecular flexibility index (Phi) is 3.68. The third kappa shape index (κ3) is 2.26. The van der Waals surface area contributed by atoms with E-state index in [0.717, 1.165) is 0 Å². The second-order valence-corrected chi connectivity index (χ2v) is 5.05. The Balaban J connectivity index is 2.70. The SMILES string of the molecule is CNC(C)Cn1c(=O)[nH]c2c(Br)cccc2c1=O. The molecule has 1 aromatic carbocycles. The summed E-state index contributed by atoms with van der Waals surface area (Å²) in [5.41, 5.74) is -0.112. The molecule has 18 heavy (non-hydrogen) atoms. The molecule has 5 nitrogen and oxygen atoms in total. The van der Waals surface area contributed by atoms with Gasteiger partial charge < -0.3 is 10.3 Å². The van der Waals surface area contributed by atoms with Gasteiger partial charge >= 0.3 is 5.69 Å². The van der Waals surface area contributed by atoms with Crippen LogP contribution < -0.4 is 16.6 Å². The van der Waals surface area contributed by atoms with Gasteiger partial charge in [-0.3, -0.25) is 9.36 Å². The Morgan fingerprint density at radius 1 is 1.44 bits per heavy atom. The van der Waals surface area contributed by atoms with Crippen molar-refractivity contribution in [1.29, 1.82) is 0 Å². The molecule has 1 atom stereocenters. The van der Waals surface area contributed by atoms with Crippen LogP contribution in [-0.2, 0) is 6.54 Å². The van der Waals surface area contributed by atoms with Gasteiger partial charge in [0.15, 0.2) is 0 Å². The summed E-state index contributed by atoms with van der Waals surface area (Å²) >= 11 is 3.32. The van der Waals surface area contributed by atoms with Crippen molar-refractivity contribution in [2.45, 2.75) is 19.5 Å². The molecule has 6 heteroatoms. The van der Waals surface area contributed by atoms with Crippen LogP contribution in [0.4, 0.5) is 0 Å². The number of fused-ring (bicyclic) bond motifs is 1. The van der Waals surface area contributed by atoms with Crippen molar-refractivity contribution < 1.29 is 0 Å². The van der Waals surface area contributed by atoms with E-state index in [9.17, 15) is 9.59 Å². The summed E-state index contributed by atoms with van der Waals surface area (Å²) in [6.07, 6.45) is 0. The van der Waals surface area contributed by atoms with Gasteiger partial charge in [0.1, 0.15) is 0 Å². The summed E-state index contributed by atoms with van der Waals surface area (Å²) in [6.45, 7) is 2.25. The van der Waals surface area contributed by atoms with Crippen LogP contribution in [0.1, 0.15) is 6.92 Å². The molecule has 0 aliphatic carbocycles. The van der Waals surface area contributed by atoms with Gasteiger partial charge in [-0.05, 0) is 42.0 Å². The van der Waals surface area contributed by atoms with Crippen molar-refractivity contribution in [3.8, 4) is 0 Å². The van der Waals surface area contributed by atoms with Crippen LogP contribution in [0.2, 0.25) is 0 Å². The zero-order valence-electron chi connectivity index (χ0n) is 10.2. The Hall–Kier alpha value is -1.40. The molecule has 2 N–H and O–H groups in total. The van der Waals surface area contributed by atoms with Crippen LogP contribution in [0.25, 0.3) is 10.9 Å². The zero-order valence-corrected chi connectivity index (χ0v) is 11.7. The lowest BCUT2D eigenvalue weighted by Crippen LogP contribution is -2.40. The Morgan fingerprint density at radius 3 is 2.83 bits per heavy atom. The van der Waals surface area contributed by atoms with Crippen LogP contribution >= 0.6 is 15.9 Å². The van der Waals surface area contributed by atoms with E-state index in [-0.39, 0.29) is 17.3 Å². The van der Waals surface area contributed by atoms with E-state index in [2.05, 4.69) is 26.2 Å². The highest BCUT2D eigenvalue weighted by Gasteiger charge is 2.11. The smallest absolute Gasteiger partial charge is 0.315 e. The second-order valence-electron chi connectivity index (χ2n) is 4.20. The topological polar surface area (TPSA) is 66.9 Å². The quantitative estimate of drug-likeness (QED) is 0.890. The number of halogens is 1. The Bertz CT molecular complexity index is 690. The highest BCUT2D eigenvalue weighted by molar-refractivity contribution is 9.10. The van der Waals surface area contributed by atoms with Gasteiger partial charge in [-0.25, -0.2) is 4.79 Å². The minimum absolute atomic E-state index is 0.0494. The largest absolute Gasteiger partial charge is 0.328 e. The van der Waals surface area contributed by atoms with Crippen LogP contribution in [0.3, 0.4) is 0 Å². The minimum atomic E-state index is -0.387. The Labute approximate surface area is 112 Å². The molecule has 1 heterocycles. The minimum Gasteiger partial charge on any atom is -0.315 e. The van der Waals surface area contributed by atoms with Crippen molar-refractivity contribution in [2.75, 3.05) is 7.05 Å². The number of hydrogen-bond donors (Lipinski definition) is 2. The number of benzene rings is 1. The number of para-hydroxylation sites is 1. The Morgan fingerprint density at radius 2 is 2.17 bits per heavy atom. The third-order valence-corrected chi connectivity index (χ3v) is 3.58. The number of H-pyrrole nitrogens is 1. The van der Waals surface area contributed by atoms with Crippen molar-refractivity contribution in [2.24, 2.45) is 0 Å². The second kappa shape index (κ2) is 5.07. The summed E-state index contributed by atoms with van der Waals surface area (Å²) in [5, 5.41) is 3.51. The molecule has 96 valence electrons. The van der Waals surface area contributed by atoms with Gasteiger partial charge in [0.25, 0.3) is 5.56 Å². The van der Waals surface area contributed by atoms with Crippen LogP contribution in [0, 0.1) is 0 Å². The number of hydrogen-bond acceptors (Lipinski definition) is 3. The van der Waals surface area contributed by atoms with E-state index in [1.165, 1.54) is 4.57 Å². The number of nitrogens with zero attached hydrogens (tertiary/aromatic N) is 1. The molecule has 2 rings (SSSR count). The van der Waals surface area contributed by atoms with E-state index in [4.69, 9.17) is 0 Å². The van der Waals surface area contributed by atoms with E-state index < -0.39 is 0 Å². The number of nitrogens with one attached hydrogen (secondary N) is 2. The van der Waals surface area contributed by atoms with Gasteiger partial charge in [0.2, 0.25) is 0 Å². The number of aromatic amines is 1. The van der Waals surface area contributed by atoms with Gasteiger partial charge in [-0.2, -0.15) is 0 Å². The van der Waals surface area contributed by atoms with Gasteiger partial charge in [-0.1, -0.05) is 6.07 Å². The van der Waals surface area contributed by atoms with E-state index in [1.54, 1.807) is 25.2 Å². The first-order valence-electron chi connectivity index (χ1n) is 5.63. The van der Waals surface area contributed by atoms with Crippen LogP contribution in [-0.4, -0.2) is 22.6 Å². The molecular weight excluding hydrogens is 298 g/mol. The summed E-state index contributed by atoms with van der Waals surface area (Å²) in [7, 11) is 1.79. The maximum Gasteiger partial charge on any atom is 0.328 e. The summed E-state index contributed by atoms with van der Waals surface area (Å²) in [6, 6.07) is 5.32. The molecule has 0 spiro atoms. The average Bonchev–Trinajstić information content (AvgIpc) is 2.35.